The molecule has 0 aliphatic rings. The van der Waals surface area contributed by atoms with E-state index in [1.54, 1.807) is 0 Å². The van der Waals surface area contributed by atoms with Crippen molar-refractivity contribution in [3.8, 4) is 0 Å². The number of hydrogen-bond donors (Lipinski definition) is 0. The molecule has 0 heterocycles. The molecule has 8 aromatic carbocycles. The van der Waals surface area contributed by atoms with Crippen LogP contribution in [0.4, 0.5) is 34.1 Å². The summed E-state index contributed by atoms with van der Waals surface area (Å²) >= 11 is 0. The van der Waals surface area contributed by atoms with Crippen molar-refractivity contribution in [2.45, 2.75) is 67.2 Å². The number of nitrogens with zero attached hydrogens (tertiary/aromatic N) is 2. The van der Waals surface area contributed by atoms with Crippen LogP contribution in [0.15, 0.2) is 133 Å². The van der Waals surface area contributed by atoms with Crippen molar-refractivity contribution in [1.82, 2.24) is 0 Å². The van der Waals surface area contributed by atoms with Crippen LogP contribution < -0.4 is 9.80 Å². The van der Waals surface area contributed by atoms with E-state index in [-0.39, 0.29) is 0 Å². The molecule has 0 atom stereocenters. The van der Waals surface area contributed by atoms with Crippen LogP contribution in [0.25, 0.3) is 32.3 Å². The smallest absolute Gasteiger partial charge is 0.0543 e. The molecule has 0 N–H and O–H groups in total. The lowest BCUT2D eigenvalue weighted by Crippen LogP contribution is -2.13. The van der Waals surface area contributed by atoms with Crippen LogP contribution >= 0.6 is 0 Å². The normalized spacial score (nSPS) is 11.8. The van der Waals surface area contributed by atoms with Gasteiger partial charge in [0.05, 0.1) is 11.4 Å². The SMILES string of the molecule is Cc1cccc(N(c2cccc(C)c2)c2cc(C(C)C)c3ccc4c(N(c5cccc(C)c5)c5cccc(C)c5)cc(C(C)C)c5ccc2c3c54)c1. The topological polar surface area (TPSA) is 6.48 Å². The molecule has 52 heavy (non-hydrogen) atoms. The minimum Gasteiger partial charge on any atom is -0.310 e. The van der Waals surface area contributed by atoms with Crippen LogP contribution in [-0.4, -0.2) is 0 Å². The molecule has 2 heteroatoms. The predicted octanol–water partition coefficient (Wildman–Crippen LogP) is 15.0. The fraction of sp³-hybridized carbons (Fsp3) is 0.200. The van der Waals surface area contributed by atoms with Gasteiger partial charge in [0.2, 0.25) is 0 Å². The first-order valence-electron chi connectivity index (χ1n) is 18.7. The Bertz CT molecular complexity index is 2320. The highest BCUT2D eigenvalue weighted by Gasteiger charge is 2.26. The lowest BCUT2D eigenvalue weighted by atomic mass is 9.84. The van der Waals surface area contributed by atoms with Crippen molar-refractivity contribution in [2.24, 2.45) is 0 Å². The van der Waals surface area contributed by atoms with Crippen LogP contribution in [-0.2, 0) is 0 Å². The number of benzene rings is 8. The molecule has 8 aromatic rings. The summed E-state index contributed by atoms with van der Waals surface area (Å²) in [5.74, 6) is 0.667. The Morgan fingerprint density at radius 1 is 0.346 bits per heavy atom. The van der Waals surface area contributed by atoms with E-state index >= 15 is 0 Å². The van der Waals surface area contributed by atoms with Crippen LogP contribution in [0.1, 0.15) is 72.9 Å². The van der Waals surface area contributed by atoms with Gasteiger partial charge in [-0.25, -0.2) is 0 Å². The molecule has 8 rings (SSSR count). The summed E-state index contributed by atoms with van der Waals surface area (Å²) < 4.78 is 0. The molecule has 0 unspecified atom stereocenters. The summed E-state index contributed by atoms with van der Waals surface area (Å²) in [4.78, 5) is 4.96. The van der Waals surface area contributed by atoms with Crippen LogP contribution in [0, 0.1) is 27.7 Å². The van der Waals surface area contributed by atoms with Crippen LogP contribution in [0.3, 0.4) is 0 Å². The molecule has 0 saturated carbocycles. The van der Waals surface area contributed by atoms with Crippen molar-refractivity contribution in [3.63, 3.8) is 0 Å². The summed E-state index contributed by atoms with van der Waals surface area (Å²) in [6.07, 6.45) is 0. The second-order valence-corrected chi connectivity index (χ2v) is 15.4. The molecule has 0 fully saturated rings. The maximum atomic E-state index is 2.48. The highest BCUT2D eigenvalue weighted by molar-refractivity contribution is 6.29. The van der Waals surface area contributed by atoms with Crippen molar-refractivity contribution in [2.75, 3.05) is 9.80 Å². The van der Waals surface area contributed by atoms with Gasteiger partial charge in [-0.1, -0.05) is 100 Å². The zero-order valence-corrected chi connectivity index (χ0v) is 31.8. The van der Waals surface area contributed by atoms with Crippen LogP contribution in [0.5, 0.6) is 0 Å². The van der Waals surface area contributed by atoms with Crippen molar-refractivity contribution in [3.05, 3.63) is 167 Å². The van der Waals surface area contributed by atoms with Gasteiger partial charge in [0, 0.05) is 33.5 Å². The fourth-order valence-corrected chi connectivity index (χ4v) is 8.26. The molecule has 258 valence electrons. The standard InChI is InChI=1S/C50H48N2/c1-31(2)45-29-47(51(37-17-9-13-33(5)25-37)38-18-10-14-34(6)26-38)43-24-22-42-46(32(3)4)30-48(44-23-21-41(45)49(43)50(42)44)52(39-19-11-15-35(7)27-39)40-20-12-16-36(8)28-40/h9-32H,1-8H3. The average Bonchev–Trinajstić information content (AvgIpc) is 3.11. The zero-order chi connectivity index (χ0) is 36.3. The molecule has 0 aliphatic heterocycles. The van der Waals surface area contributed by atoms with E-state index in [1.807, 2.05) is 0 Å². The van der Waals surface area contributed by atoms with Gasteiger partial charge >= 0.3 is 0 Å². The van der Waals surface area contributed by atoms with Gasteiger partial charge in [0.25, 0.3) is 0 Å². The van der Waals surface area contributed by atoms with E-state index in [9.17, 15) is 0 Å². The first-order chi connectivity index (χ1) is 25.1. The van der Waals surface area contributed by atoms with Crippen molar-refractivity contribution >= 4 is 66.4 Å². The van der Waals surface area contributed by atoms with Gasteiger partial charge in [-0.05, 0) is 155 Å². The molecule has 2 nitrogen and oxygen atoms in total. The summed E-state index contributed by atoms with van der Waals surface area (Å²) in [7, 11) is 0. The van der Waals surface area contributed by atoms with Gasteiger partial charge in [-0.3, -0.25) is 0 Å². The summed E-state index contributed by atoms with van der Waals surface area (Å²) in [6, 6.07) is 50.2. The maximum absolute atomic E-state index is 2.48. The molecule has 0 radical (unpaired) electrons. The van der Waals surface area contributed by atoms with E-state index in [2.05, 4.69) is 199 Å². The highest BCUT2D eigenvalue weighted by atomic mass is 15.1. The summed E-state index contributed by atoms with van der Waals surface area (Å²) in [5, 5.41) is 7.90. The third-order valence-corrected chi connectivity index (χ3v) is 10.7. The third-order valence-electron chi connectivity index (χ3n) is 10.7. The molecule has 0 amide bonds. The van der Waals surface area contributed by atoms with E-state index in [0.29, 0.717) is 11.8 Å². The molecule has 0 spiro atoms. The lowest BCUT2D eigenvalue weighted by Gasteiger charge is -2.32. The van der Waals surface area contributed by atoms with Crippen molar-refractivity contribution in [1.29, 1.82) is 0 Å². The summed E-state index contributed by atoms with van der Waals surface area (Å²) in [6.45, 7) is 18.1. The Morgan fingerprint density at radius 2 is 0.635 bits per heavy atom. The largest absolute Gasteiger partial charge is 0.310 e. The van der Waals surface area contributed by atoms with Crippen molar-refractivity contribution < 1.29 is 0 Å². The number of anilines is 6. The number of hydrogen-bond acceptors (Lipinski definition) is 2. The number of aryl methyl sites for hydroxylation is 4. The molecular weight excluding hydrogens is 629 g/mol. The Labute approximate surface area is 309 Å². The first kappa shape index (κ1) is 33.5. The molecule has 0 saturated heterocycles. The Balaban J connectivity index is 1.53. The minimum absolute atomic E-state index is 0.334. The second-order valence-electron chi connectivity index (χ2n) is 15.4. The average molecular weight is 677 g/mol. The highest BCUT2D eigenvalue weighted by Crippen LogP contribution is 2.51. The second kappa shape index (κ2) is 13.2. The molecule has 0 aliphatic carbocycles. The van der Waals surface area contributed by atoms with E-state index in [4.69, 9.17) is 0 Å². The fourth-order valence-electron chi connectivity index (χ4n) is 8.26. The van der Waals surface area contributed by atoms with E-state index < -0.39 is 0 Å². The van der Waals surface area contributed by atoms with Gasteiger partial charge < -0.3 is 9.80 Å². The van der Waals surface area contributed by atoms with Gasteiger partial charge in [0.15, 0.2) is 0 Å². The van der Waals surface area contributed by atoms with Crippen LogP contribution in [0.2, 0.25) is 0 Å². The molecular formula is C50H48N2. The van der Waals surface area contributed by atoms with E-state index in [1.165, 1.54) is 99.8 Å². The maximum Gasteiger partial charge on any atom is 0.0543 e. The molecule has 0 bridgehead atoms. The monoisotopic (exact) mass is 676 g/mol. The predicted molar refractivity (Wildman–Crippen MR) is 227 cm³/mol. The number of rotatable bonds is 8. The van der Waals surface area contributed by atoms with Gasteiger partial charge in [-0.2, -0.15) is 0 Å². The summed E-state index contributed by atoms with van der Waals surface area (Å²) in [5.41, 5.74) is 14.8. The minimum atomic E-state index is 0.334. The van der Waals surface area contributed by atoms with Gasteiger partial charge in [0.1, 0.15) is 0 Å². The Morgan fingerprint density at radius 3 is 0.904 bits per heavy atom. The Kier molecular flexibility index (Phi) is 8.50. The van der Waals surface area contributed by atoms with E-state index in [0.717, 1.165) is 0 Å². The lowest BCUT2D eigenvalue weighted by molar-refractivity contribution is 0.875. The zero-order valence-electron chi connectivity index (χ0n) is 31.8. The van der Waals surface area contributed by atoms with Gasteiger partial charge in [-0.15, -0.1) is 0 Å². The molecule has 0 aromatic heterocycles. The Hall–Kier alpha value is -5.60. The quantitative estimate of drug-likeness (QED) is 0.148. The first-order valence-corrected chi connectivity index (χ1v) is 18.7. The third kappa shape index (κ3) is 5.77.